The second kappa shape index (κ2) is 6.09. The quantitative estimate of drug-likeness (QED) is 0.607. The van der Waals surface area contributed by atoms with Gasteiger partial charge in [0.25, 0.3) is 0 Å². The lowest BCUT2D eigenvalue weighted by atomic mass is 10.2. The van der Waals surface area contributed by atoms with Crippen LogP contribution in [0.5, 0.6) is 0 Å². The Morgan fingerprint density at radius 3 is 2.82 bits per heavy atom. The maximum Gasteiger partial charge on any atom is 0.308 e. The van der Waals surface area contributed by atoms with Gasteiger partial charge >= 0.3 is 5.97 Å². The number of esters is 1. The van der Waals surface area contributed by atoms with Crippen molar-refractivity contribution < 1.29 is 19.0 Å². The summed E-state index contributed by atoms with van der Waals surface area (Å²) in [5.74, 6) is -0.478. The maximum atomic E-state index is 11.6. The Bertz CT molecular complexity index is 116. The van der Waals surface area contributed by atoms with Crippen LogP contribution in [0.1, 0.15) is 19.8 Å². The number of rotatable bonds is 5. The van der Waals surface area contributed by atoms with Gasteiger partial charge < -0.3 is 9.84 Å². The number of halogens is 1. The molecule has 0 fully saturated rings. The standard InChI is InChI=1S/C7H13FO3/c1-2-11-7(10)5-6(9)3-4-8/h6,9H,2-5H2,1H3. The summed E-state index contributed by atoms with van der Waals surface area (Å²) in [6, 6.07) is 0. The molecular weight excluding hydrogens is 151 g/mol. The predicted octanol–water partition coefficient (Wildman–Crippen LogP) is 0.660. The van der Waals surface area contributed by atoms with E-state index in [4.69, 9.17) is 5.11 Å². The number of carbonyl (C=O) groups is 1. The van der Waals surface area contributed by atoms with Crippen LogP contribution in [0, 0.1) is 0 Å². The molecule has 3 nitrogen and oxygen atoms in total. The van der Waals surface area contributed by atoms with E-state index in [0.717, 1.165) is 0 Å². The highest BCUT2D eigenvalue weighted by molar-refractivity contribution is 5.69. The molecule has 11 heavy (non-hydrogen) atoms. The van der Waals surface area contributed by atoms with Gasteiger partial charge in [-0.3, -0.25) is 9.18 Å². The first kappa shape index (κ1) is 10.4. The van der Waals surface area contributed by atoms with E-state index in [1.807, 2.05) is 0 Å². The summed E-state index contributed by atoms with van der Waals surface area (Å²) in [6.07, 6.45) is -1.02. The number of hydrogen-bond acceptors (Lipinski definition) is 3. The zero-order valence-electron chi connectivity index (χ0n) is 6.55. The van der Waals surface area contributed by atoms with Crippen LogP contribution < -0.4 is 0 Å². The van der Waals surface area contributed by atoms with Crippen molar-refractivity contribution in [3.63, 3.8) is 0 Å². The third-order valence-electron chi connectivity index (χ3n) is 1.15. The summed E-state index contributed by atoms with van der Waals surface area (Å²) < 4.78 is 16.1. The number of alkyl halides is 1. The van der Waals surface area contributed by atoms with Gasteiger partial charge in [-0.05, 0) is 6.92 Å². The van der Waals surface area contributed by atoms with E-state index in [-0.39, 0.29) is 12.8 Å². The Morgan fingerprint density at radius 1 is 1.73 bits per heavy atom. The Labute approximate surface area is 65.2 Å². The zero-order valence-corrected chi connectivity index (χ0v) is 6.55. The van der Waals surface area contributed by atoms with Crippen LogP contribution in [0.3, 0.4) is 0 Å². The molecule has 1 atom stereocenters. The van der Waals surface area contributed by atoms with Crippen LogP contribution in [0.2, 0.25) is 0 Å². The molecule has 0 amide bonds. The average molecular weight is 164 g/mol. The fraction of sp³-hybridized carbons (Fsp3) is 0.857. The van der Waals surface area contributed by atoms with Crippen LogP contribution in [-0.2, 0) is 9.53 Å². The molecule has 0 spiro atoms. The van der Waals surface area contributed by atoms with Crippen molar-refractivity contribution in [2.75, 3.05) is 13.3 Å². The minimum Gasteiger partial charge on any atom is -0.466 e. The van der Waals surface area contributed by atoms with E-state index in [2.05, 4.69) is 4.74 Å². The van der Waals surface area contributed by atoms with Crippen LogP contribution in [0.25, 0.3) is 0 Å². The normalized spacial score (nSPS) is 12.6. The highest BCUT2D eigenvalue weighted by atomic mass is 19.1. The van der Waals surface area contributed by atoms with E-state index < -0.39 is 18.7 Å². The lowest BCUT2D eigenvalue weighted by Gasteiger charge is -2.06. The van der Waals surface area contributed by atoms with Crippen LogP contribution in [-0.4, -0.2) is 30.5 Å². The fourth-order valence-corrected chi connectivity index (χ4v) is 0.640. The minimum absolute atomic E-state index is 0.00118. The van der Waals surface area contributed by atoms with Gasteiger partial charge in [-0.1, -0.05) is 0 Å². The molecule has 1 N–H and O–H groups in total. The summed E-state index contributed by atoms with van der Waals surface area (Å²) in [5, 5.41) is 8.91. The molecule has 0 rings (SSSR count). The molecule has 0 radical (unpaired) electrons. The van der Waals surface area contributed by atoms with E-state index in [1.165, 1.54) is 0 Å². The first-order valence-electron chi connectivity index (χ1n) is 3.60. The predicted molar refractivity (Wildman–Crippen MR) is 37.8 cm³/mol. The first-order chi connectivity index (χ1) is 5.20. The molecule has 0 aromatic carbocycles. The summed E-state index contributed by atoms with van der Waals surface area (Å²) in [6.45, 7) is 1.36. The van der Waals surface area contributed by atoms with Crippen molar-refractivity contribution in [3.8, 4) is 0 Å². The van der Waals surface area contributed by atoms with Crippen molar-refractivity contribution in [1.82, 2.24) is 0 Å². The maximum absolute atomic E-state index is 11.6. The van der Waals surface area contributed by atoms with Gasteiger partial charge in [0, 0.05) is 6.42 Å². The molecule has 0 aromatic rings. The molecule has 0 aliphatic rings. The molecule has 0 aromatic heterocycles. The van der Waals surface area contributed by atoms with Crippen LogP contribution >= 0.6 is 0 Å². The van der Waals surface area contributed by atoms with Crippen molar-refractivity contribution in [2.45, 2.75) is 25.9 Å². The second-order valence-electron chi connectivity index (χ2n) is 2.14. The van der Waals surface area contributed by atoms with Gasteiger partial charge in [-0.2, -0.15) is 0 Å². The molecule has 1 unspecified atom stereocenters. The fourth-order valence-electron chi connectivity index (χ4n) is 0.640. The molecule has 0 saturated heterocycles. The van der Waals surface area contributed by atoms with E-state index >= 15 is 0 Å². The Hall–Kier alpha value is -0.640. The number of aliphatic hydroxyl groups excluding tert-OH is 1. The van der Waals surface area contributed by atoms with Crippen molar-refractivity contribution in [3.05, 3.63) is 0 Å². The molecule has 0 aliphatic carbocycles. The zero-order chi connectivity index (χ0) is 8.69. The van der Waals surface area contributed by atoms with Crippen molar-refractivity contribution in [2.24, 2.45) is 0 Å². The van der Waals surface area contributed by atoms with Gasteiger partial charge in [0.05, 0.1) is 25.8 Å². The van der Waals surface area contributed by atoms with Crippen LogP contribution in [0.15, 0.2) is 0 Å². The highest BCUT2D eigenvalue weighted by Gasteiger charge is 2.10. The average Bonchev–Trinajstić information content (AvgIpc) is 1.87. The molecule has 0 saturated carbocycles. The van der Waals surface area contributed by atoms with Crippen LogP contribution in [0.4, 0.5) is 4.39 Å². The first-order valence-corrected chi connectivity index (χ1v) is 3.60. The number of hydrogen-bond donors (Lipinski definition) is 1. The monoisotopic (exact) mass is 164 g/mol. The second-order valence-corrected chi connectivity index (χ2v) is 2.14. The van der Waals surface area contributed by atoms with Gasteiger partial charge in [0.1, 0.15) is 0 Å². The molecule has 66 valence electrons. The van der Waals surface area contributed by atoms with Gasteiger partial charge in [0.2, 0.25) is 0 Å². The smallest absolute Gasteiger partial charge is 0.308 e. The lowest BCUT2D eigenvalue weighted by molar-refractivity contribution is -0.145. The topological polar surface area (TPSA) is 46.5 Å². The number of ether oxygens (including phenoxy) is 1. The van der Waals surface area contributed by atoms with E-state index in [1.54, 1.807) is 6.92 Å². The third kappa shape index (κ3) is 5.79. The number of aliphatic hydroxyl groups is 1. The van der Waals surface area contributed by atoms with Gasteiger partial charge in [0.15, 0.2) is 0 Å². The Morgan fingerprint density at radius 2 is 2.36 bits per heavy atom. The molecule has 0 bridgehead atoms. The van der Waals surface area contributed by atoms with Crippen molar-refractivity contribution >= 4 is 5.97 Å². The Balaban J connectivity index is 3.40. The summed E-state index contributed by atoms with van der Waals surface area (Å²) in [5.41, 5.74) is 0. The molecule has 0 aliphatic heterocycles. The largest absolute Gasteiger partial charge is 0.466 e. The minimum atomic E-state index is -0.904. The summed E-state index contributed by atoms with van der Waals surface area (Å²) in [4.78, 5) is 10.6. The molecule has 4 heteroatoms. The number of carbonyl (C=O) groups excluding carboxylic acids is 1. The summed E-state index contributed by atoms with van der Waals surface area (Å²) >= 11 is 0. The third-order valence-corrected chi connectivity index (χ3v) is 1.15. The highest BCUT2D eigenvalue weighted by Crippen LogP contribution is 1.99. The van der Waals surface area contributed by atoms with E-state index in [0.29, 0.717) is 6.61 Å². The van der Waals surface area contributed by atoms with Gasteiger partial charge in [-0.25, -0.2) is 0 Å². The van der Waals surface area contributed by atoms with Gasteiger partial charge in [-0.15, -0.1) is 0 Å². The SMILES string of the molecule is CCOC(=O)CC(O)CCF. The van der Waals surface area contributed by atoms with Crippen molar-refractivity contribution in [1.29, 1.82) is 0 Å². The lowest BCUT2D eigenvalue weighted by Crippen LogP contribution is -2.16. The van der Waals surface area contributed by atoms with E-state index in [9.17, 15) is 9.18 Å². The summed E-state index contributed by atoms with van der Waals surface area (Å²) in [7, 11) is 0. The molecular formula is C7H13FO3. The Kier molecular flexibility index (Phi) is 5.74. The molecule has 0 heterocycles.